The van der Waals surface area contributed by atoms with E-state index < -0.39 is 5.79 Å². The lowest BCUT2D eigenvalue weighted by atomic mass is 10.2. The molecule has 4 atom stereocenters. The molecular weight excluding hydrogens is 204 g/mol. The minimum absolute atomic E-state index is 0.120. The summed E-state index contributed by atoms with van der Waals surface area (Å²) in [5.74, 6) is -0.778. The molecule has 2 saturated heterocycles. The summed E-state index contributed by atoms with van der Waals surface area (Å²) >= 11 is 1.60. The smallest absolute Gasteiger partial charge is 0.303 e. The number of carbonyl (C=O) groups is 1. The predicted octanol–water partition coefficient (Wildman–Crippen LogP) is 1.14. The third-order valence-electron chi connectivity index (χ3n) is 2.58. The van der Waals surface area contributed by atoms with Crippen LogP contribution >= 0.6 is 11.8 Å². The first-order valence-electron chi connectivity index (χ1n) is 4.66. The summed E-state index contributed by atoms with van der Waals surface area (Å²) in [4.78, 5) is 10.8. The van der Waals surface area contributed by atoms with Gasteiger partial charge in [-0.25, -0.2) is 0 Å². The average molecular weight is 218 g/mol. The second kappa shape index (κ2) is 3.40. The first kappa shape index (κ1) is 10.3. The lowest BCUT2D eigenvalue weighted by Gasteiger charge is -2.37. The van der Waals surface area contributed by atoms with Crippen molar-refractivity contribution in [3.8, 4) is 0 Å². The van der Waals surface area contributed by atoms with Gasteiger partial charge in [0, 0.05) is 6.92 Å². The molecule has 0 amide bonds. The molecule has 2 aliphatic rings. The summed E-state index contributed by atoms with van der Waals surface area (Å²) < 4.78 is 16.4. The third kappa shape index (κ3) is 1.64. The first-order chi connectivity index (χ1) is 6.51. The molecular formula is C9H14O4S. The van der Waals surface area contributed by atoms with E-state index in [4.69, 9.17) is 14.2 Å². The molecule has 2 bridgehead atoms. The van der Waals surface area contributed by atoms with Gasteiger partial charge in [0.15, 0.2) is 11.2 Å². The van der Waals surface area contributed by atoms with Gasteiger partial charge in [-0.2, -0.15) is 0 Å². The van der Waals surface area contributed by atoms with E-state index in [0.717, 1.165) is 0 Å². The van der Waals surface area contributed by atoms with Gasteiger partial charge in [-0.1, -0.05) is 0 Å². The fourth-order valence-corrected chi connectivity index (χ4v) is 2.92. The van der Waals surface area contributed by atoms with Crippen molar-refractivity contribution in [2.24, 2.45) is 0 Å². The maximum absolute atomic E-state index is 10.8. The van der Waals surface area contributed by atoms with Gasteiger partial charge in [0.2, 0.25) is 0 Å². The van der Waals surface area contributed by atoms with Gasteiger partial charge in [0.1, 0.15) is 6.10 Å². The number of fused-ring (bicyclic) bond motifs is 2. The maximum atomic E-state index is 10.8. The monoisotopic (exact) mass is 218 g/mol. The highest BCUT2D eigenvalue weighted by atomic mass is 32.2. The highest BCUT2D eigenvalue weighted by molar-refractivity contribution is 8.00. The van der Waals surface area contributed by atoms with Gasteiger partial charge in [-0.15, -0.1) is 11.8 Å². The topological polar surface area (TPSA) is 44.8 Å². The van der Waals surface area contributed by atoms with Crippen molar-refractivity contribution in [3.63, 3.8) is 0 Å². The molecule has 0 saturated carbocycles. The summed E-state index contributed by atoms with van der Waals surface area (Å²) in [5.41, 5.74) is -0.224. The largest absolute Gasteiger partial charge is 0.449 e. The minimum Gasteiger partial charge on any atom is -0.449 e. The fraction of sp³-hybridized carbons (Fsp3) is 0.889. The predicted molar refractivity (Wildman–Crippen MR) is 51.8 cm³/mol. The van der Waals surface area contributed by atoms with Gasteiger partial charge in [-0.3, -0.25) is 4.79 Å². The highest BCUT2D eigenvalue weighted by Gasteiger charge is 2.52. The molecule has 5 heteroatoms. The van der Waals surface area contributed by atoms with E-state index in [9.17, 15) is 4.79 Å². The number of esters is 1. The van der Waals surface area contributed by atoms with Crippen LogP contribution < -0.4 is 0 Å². The summed E-state index contributed by atoms with van der Waals surface area (Å²) in [6.07, 6.45) is -0.120. The van der Waals surface area contributed by atoms with Crippen LogP contribution in [0.5, 0.6) is 0 Å². The van der Waals surface area contributed by atoms with E-state index >= 15 is 0 Å². The zero-order valence-electron chi connectivity index (χ0n) is 8.48. The van der Waals surface area contributed by atoms with Gasteiger partial charge >= 0.3 is 5.97 Å². The second-order valence-corrected chi connectivity index (χ2v) is 5.18. The summed E-state index contributed by atoms with van der Waals surface area (Å²) in [5, 5.41) is 0.172. The van der Waals surface area contributed by atoms with Crippen molar-refractivity contribution < 1.29 is 19.0 Å². The number of thioether (sulfide) groups is 1. The number of hydrogen-bond acceptors (Lipinski definition) is 5. The van der Waals surface area contributed by atoms with E-state index in [1.165, 1.54) is 6.92 Å². The number of ether oxygens (including phenoxy) is 3. The van der Waals surface area contributed by atoms with Crippen molar-refractivity contribution in [2.75, 3.05) is 6.61 Å². The van der Waals surface area contributed by atoms with Crippen molar-refractivity contribution in [1.82, 2.24) is 0 Å². The van der Waals surface area contributed by atoms with Crippen molar-refractivity contribution in [1.29, 1.82) is 0 Å². The Hall–Kier alpha value is -0.260. The SMILES string of the molecule is CC(=O)OC1SC(C)C2(C)OCC1O2. The van der Waals surface area contributed by atoms with Crippen molar-refractivity contribution in [3.05, 3.63) is 0 Å². The molecule has 0 aromatic rings. The van der Waals surface area contributed by atoms with Crippen LogP contribution in [0, 0.1) is 0 Å². The van der Waals surface area contributed by atoms with Crippen LogP contribution in [0.25, 0.3) is 0 Å². The lowest BCUT2D eigenvalue weighted by molar-refractivity contribution is -0.173. The molecule has 0 aliphatic carbocycles. The molecule has 14 heavy (non-hydrogen) atoms. The van der Waals surface area contributed by atoms with Crippen LogP contribution in [0.3, 0.4) is 0 Å². The van der Waals surface area contributed by atoms with E-state index in [1.807, 2.05) is 13.8 Å². The molecule has 2 aliphatic heterocycles. The molecule has 4 nitrogen and oxygen atoms in total. The molecule has 2 heterocycles. The molecule has 80 valence electrons. The van der Waals surface area contributed by atoms with E-state index in [-0.39, 0.29) is 22.8 Å². The zero-order chi connectivity index (χ0) is 10.3. The van der Waals surface area contributed by atoms with Crippen molar-refractivity contribution >= 4 is 17.7 Å². The Morgan fingerprint density at radius 2 is 2.36 bits per heavy atom. The second-order valence-electron chi connectivity index (χ2n) is 3.74. The molecule has 0 spiro atoms. The standard InChI is InChI=1S/C9H14O4S/c1-5-9(3)11-4-7(13-9)8(14-5)12-6(2)10/h5,7-8H,4H2,1-3H3. The Kier molecular flexibility index (Phi) is 2.49. The fourth-order valence-electron chi connectivity index (χ4n) is 1.64. The number of carbonyl (C=O) groups excluding carboxylic acids is 1. The Labute approximate surface area is 87.3 Å². The minimum atomic E-state index is -0.508. The Morgan fingerprint density at radius 1 is 1.64 bits per heavy atom. The highest BCUT2D eigenvalue weighted by Crippen LogP contribution is 2.44. The summed E-state index contributed by atoms with van der Waals surface area (Å²) in [6.45, 7) is 5.86. The summed E-state index contributed by atoms with van der Waals surface area (Å²) in [7, 11) is 0. The van der Waals surface area contributed by atoms with Crippen LogP contribution in [0.2, 0.25) is 0 Å². The van der Waals surface area contributed by atoms with Crippen LogP contribution in [-0.2, 0) is 19.0 Å². The molecule has 0 aromatic heterocycles. The molecule has 2 rings (SSSR count). The first-order valence-corrected chi connectivity index (χ1v) is 5.60. The van der Waals surface area contributed by atoms with Crippen LogP contribution in [-0.4, -0.2) is 35.2 Å². The van der Waals surface area contributed by atoms with Crippen LogP contribution in [0.4, 0.5) is 0 Å². The maximum Gasteiger partial charge on any atom is 0.303 e. The van der Waals surface area contributed by atoms with E-state index in [1.54, 1.807) is 11.8 Å². The van der Waals surface area contributed by atoms with Gasteiger partial charge in [0.05, 0.1) is 11.9 Å². The molecule has 0 aromatic carbocycles. The molecule has 0 N–H and O–H groups in total. The Morgan fingerprint density at radius 3 is 3.00 bits per heavy atom. The zero-order valence-corrected chi connectivity index (χ0v) is 9.30. The Bertz CT molecular complexity index is 257. The normalized spacial score (nSPS) is 46.4. The van der Waals surface area contributed by atoms with E-state index in [0.29, 0.717) is 6.61 Å². The van der Waals surface area contributed by atoms with E-state index in [2.05, 4.69) is 0 Å². The van der Waals surface area contributed by atoms with Crippen molar-refractivity contribution in [2.45, 2.75) is 43.3 Å². The van der Waals surface area contributed by atoms with Gasteiger partial charge < -0.3 is 14.2 Å². The molecule has 0 radical (unpaired) electrons. The molecule has 2 fully saturated rings. The average Bonchev–Trinajstić information content (AvgIpc) is 2.42. The van der Waals surface area contributed by atoms with Crippen LogP contribution in [0.1, 0.15) is 20.8 Å². The lowest BCUT2D eigenvalue weighted by Crippen LogP contribution is -2.45. The molecule has 4 unspecified atom stereocenters. The number of rotatable bonds is 1. The number of hydrogen-bond donors (Lipinski definition) is 0. The third-order valence-corrected chi connectivity index (χ3v) is 4.09. The van der Waals surface area contributed by atoms with Gasteiger partial charge in [0.25, 0.3) is 0 Å². The van der Waals surface area contributed by atoms with Gasteiger partial charge in [-0.05, 0) is 13.8 Å². The quantitative estimate of drug-likeness (QED) is 0.618. The summed E-state index contributed by atoms with van der Waals surface area (Å²) in [6, 6.07) is 0. The van der Waals surface area contributed by atoms with Crippen LogP contribution in [0.15, 0.2) is 0 Å². The Balaban J connectivity index is 2.07.